The number of carbonyl (C=O) groups is 1. The van der Waals surface area contributed by atoms with Gasteiger partial charge in [0, 0.05) is 12.6 Å². The number of ether oxygens (including phenoxy) is 1. The molecular weight excluding hydrogens is 495 g/mol. The molecule has 37 heavy (non-hydrogen) atoms. The highest BCUT2D eigenvalue weighted by molar-refractivity contribution is 7.14. The zero-order valence-corrected chi connectivity index (χ0v) is 21.3. The number of benzene rings is 1. The third kappa shape index (κ3) is 5.46. The van der Waals surface area contributed by atoms with Crippen molar-refractivity contribution in [1.82, 2.24) is 25.0 Å². The number of thiazole rings is 1. The predicted molar refractivity (Wildman–Crippen MR) is 138 cm³/mol. The average Bonchev–Trinajstić information content (AvgIpc) is 3.46. The number of hydrogen-bond acceptors (Lipinski definition) is 8. The topological polar surface area (TPSA) is 115 Å². The molecule has 3 aromatic heterocycles. The zero-order chi connectivity index (χ0) is 25.9. The second kappa shape index (κ2) is 10.6. The number of nitrogens with zero attached hydrogens (tertiary/aromatic N) is 5. The molecule has 9 nitrogen and oxygen atoms in total. The molecule has 5 rings (SSSR count). The van der Waals surface area contributed by atoms with Gasteiger partial charge in [-0.1, -0.05) is 46.9 Å². The van der Waals surface area contributed by atoms with Gasteiger partial charge in [-0.25, -0.2) is 14.6 Å². The van der Waals surface area contributed by atoms with Crippen molar-refractivity contribution in [2.75, 3.05) is 5.32 Å². The van der Waals surface area contributed by atoms with E-state index in [2.05, 4.69) is 20.6 Å². The van der Waals surface area contributed by atoms with Crippen LogP contribution in [0.3, 0.4) is 0 Å². The third-order valence-corrected chi connectivity index (χ3v) is 7.33. The van der Waals surface area contributed by atoms with Crippen molar-refractivity contribution in [3.05, 3.63) is 59.0 Å². The van der Waals surface area contributed by atoms with Crippen LogP contribution < -0.4 is 10.1 Å². The summed E-state index contributed by atoms with van der Waals surface area (Å²) in [5.74, 6) is -0.495. The number of aromatic nitrogens is 5. The Hall–Kier alpha value is -3.86. The number of anilines is 1. The number of halogens is 1. The fourth-order valence-electron chi connectivity index (χ4n) is 4.55. The van der Waals surface area contributed by atoms with Gasteiger partial charge in [-0.2, -0.15) is 4.39 Å². The molecule has 0 bridgehead atoms. The van der Waals surface area contributed by atoms with Crippen LogP contribution in [0.15, 0.2) is 42.5 Å². The van der Waals surface area contributed by atoms with Gasteiger partial charge in [-0.05, 0) is 44.7 Å². The van der Waals surface area contributed by atoms with Crippen LogP contribution >= 0.6 is 11.3 Å². The Bertz CT molecular complexity index is 1410. The molecule has 0 aliphatic heterocycles. The highest BCUT2D eigenvalue weighted by atomic mass is 32.1. The van der Waals surface area contributed by atoms with Crippen LogP contribution in [0, 0.1) is 18.0 Å². The van der Waals surface area contributed by atoms with Gasteiger partial charge < -0.3 is 15.2 Å². The van der Waals surface area contributed by atoms with E-state index >= 15 is 0 Å². The van der Waals surface area contributed by atoms with Crippen molar-refractivity contribution in [3.8, 4) is 28.4 Å². The summed E-state index contributed by atoms with van der Waals surface area (Å²) in [5.41, 5.74) is 3.74. The summed E-state index contributed by atoms with van der Waals surface area (Å²) >= 11 is 0.953. The molecule has 1 aromatic carbocycles. The van der Waals surface area contributed by atoms with Gasteiger partial charge in [0.25, 0.3) is 0 Å². The molecule has 1 unspecified atom stereocenters. The van der Waals surface area contributed by atoms with Crippen LogP contribution in [0.4, 0.5) is 9.52 Å². The lowest BCUT2D eigenvalue weighted by atomic mass is 9.87. The standard InChI is InChI=1S/C26H27FN6O3S/c1-15-21(36-18-10-6-9-17(13-18)25(34)35)12-11-19(29-15)23-20(33(2)32-31-23)14-28-26-30-22(24(27)37-26)16-7-4-3-5-8-16/h3-5,7-8,11-12,17-18H,6,9-10,13-14H2,1-2H3,(H,28,30)(H,34,35)/t17-,18?/m0/s1. The summed E-state index contributed by atoms with van der Waals surface area (Å²) in [5, 5.41) is 21.1. The summed E-state index contributed by atoms with van der Waals surface area (Å²) in [6, 6.07) is 12.9. The molecule has 192 valence electrons. The Labute approximate surface area is 217 Å². The molecule has 1 saturated carbocycles. The van der Waals surface area contributed by atoms with E-state index in [0.29, 0.717) is 53.0 Å². The minimum absolute atomic E-state index is 0.142. The quantitative estimate of drug-likeness (QED) is 0.329. The first-order valence-electron chi connectivity index (χ1n) is 12.1. The number of rotatable bonds is 8. The van der Waals surface area contributed by atoms with E-state index in [1.807, 2.05) is 49.4 Å². The van der Waals surface area contributed by atoms with E-state index in [9.17, 15) is 14.3 Å². The Morgan fingerprint density at radius 3 is 2.76 bits per heavy atom. The molecule has 3 heterocycles. The number of carboxylic acid groups (broad SMARTS) is 1. The Balaban J connectivity index is 1.30. The number of aryl methyl sites for hydroxylation is 2. The molecule has 2 N–H and O–H groups in total. The van der Waals surface area contributed by atoms with Gasteiger partial charge in [0.2, 0.25) is 5.13 Å². The van der Waals surface area contributed by atoms with Crippen LogP contribution in [-0.4, -0.2) is 42.1 Å². The van der Waals surface area contributed by atoms with Crippen LogP contribution in [-0.2, 0) is 18.4 Å². The summed E-state index contributed by atoms with van der Waals surface area (Å²) in [6.07, 6.45) is 2.71. The number of carboxylic acids is 1. The zero-order valence-electron chi connectivity index (χ0n) is 20.5. The first-order valence-corrected chi connectivity index (χ1v) is 12.9. The molecule has 4 aromatic rings. The van der Waals surface area contributed by atoms with Crippen LogP contribution in [0.25, 0.3) is 22.6 Å². The molecule has 1 fully saturated rings. The van der Waals surface area contributed by atoms with Crippen molar-refractivity contribution in [1.29, 1.82) is 0 Å². The smallest absolute Gasteiger partial charge is 0.306 e. The second-order valence-corrected chi connectivity index (χ2v) is 10.0. The fourth-order valence-corrected chi connectivity index (χ4v) is 5.26. The average molecular weight is 523 g/mol. The minimum Gasteiger partial charge on any atom is -0.489 e. The van der Waals surface area contributed by atoms with Gasteiger partial charge in [-0.15, -0.1) is 5.10 Å². The molecular formula is C26H27FN6O3S. The molecule has 2 atom stereocenters. The number of pyridine rings is 1. The molecule has 0 radical (unpaired) electrons. The minimum atomic E-state index is -0.765. The van der Waals surface area contributed by atoms with Crippen molar-refractivity contribution in [3.63, 3.8) is 0 Å². The first kappa shape index (κ1) is 24.8. The number of nitrogens with one attached hydrogen (secondary N) is 1. The lowest BCUT2D eigenvalue weighted by Crippen LogP contribution is -2.29. The molecule has 0 spiro atoms. The van der Waals surface area contributed by atoms with Crippen molar-refractivity contribution < 1.29 is 19.0 Å². The van der Waals surface area contributed by atoms with Gasteiger partial charge in [0.15, 0.2) is 5.13 Å². The van der Waals surface area contributed by atoms with Gasteiger partial charge in [0.1, 0.15) is 17.1 Å². The monoisotopic (exact) mass is 522 g/mol. The SMILES string of the molecule is Cc1nc(-c2nnn(C)c2CNc2nc(-c3ccccc3)c(F)s2)ccc1OC1CCC[C@H](C(=O)O)C1. The molecule has 0 saturated heterocycles. The lowest BCUT2D eigenvalue weighted by Gasteiger charge is -2.27. The van der Waals surface area contributed by atoms with E-state index in [1.54, 1.807) is 11.7 Å². The highest BCUT2D eigenvalue weighted by Gasteiger charge is 2.28. The fraction of sp³-hybridized carbons (Fsp3) is 0.346. The van der Waals surface area contributed by atoms with E-state index in [4.69, 9.17) is 9.72 Å². The maximum atomic E-state index is 14.5. The van der Waals surface area contributed by atoms with Crippen LogP contribution in [0.1, 0.15) is 37.1 Å². The van der Waals surface area contributed by atoms with Gasteiger partial charge >= 0.3 is 5.97 Å². The van der Waals surface area contributed by atoms with Crippen LogP contribution in [0.2, 0.25) is 0 Å². The van der Waals surface area contributed by atoms with Gasteiger partial charge in [0.05, 0.1) is 35.6 Å². The second-order valence-electron chi connectivity index (χ2n) is 9.09. The van der Waals surface area contributed by atoms with E-state index in [-0.39, 0.29) is 17.2 Å². The summed E-state index contributed by atoms with van der Waals surface area (Å²) in [7, 11) is 1.79. The van der Waals surface area contributed by atoms with Crippen molar-refractivity contribution in [2.45, 2.75) is 45.3 Å². The first-order chi connectivity index (χ1) is 17.9. The summed E-state index contributed by atoms with van der Waals surface area (Å²) in [4.78, 5) is 20.5. The highest BCUT2D eigenvalue weighted by Crippen LogP contribution is 2.32. The molecule has 1 aliphatic carbocycles. The Morgan fingerprint density at radius 2 is 2.00 bits per heavy atom. The van der Waals surface area contributed by atoms with Crippen molar-refractivity contribution >= 4 is 22.4 Å². The van der Waals surface area contributed by atoms with E-state index in [1.165, 1.54) is 0 Å². The lowest BCUT2D eigenvalue weighted by molar-refractivity contribution is -0.143. The summed E-state index contributed by atoms with van der Waals surface area (Å²) in [6.45, 7) is 2.19. The number of aliphatic carboxylic acids is 1. The van der Waals surface area contributed by atoms with Gasteiger partial charge in [-0.3, -0.25) is 4.79 Å². The number of hydrogen-bond donors (Lipinski definition) is 2. The normalized spacial score (nSPS) is 17.5. The third-order valence-electron chi connectivity index (χ3n) is 6.53. The molecule has 11 heteroatoms. The predicted octanol–water partition coefficient (Wildman–Crippen LogP) is 5.08. The Morgan fingerprint density at radius 1 is 1.19 bits per heavy atom. The maximum Gasteiger partial charge on any atom is 0.306 e. The maximum absolute atomic E-state index is 14.5. The van der Waals surface area contributed by atoms with E-state index in [0.717, 1.165) is 35.4 Å². The van der Waals surface area contributed by atoms with Crippen LogP contribution in [0.5, 0.6) is 5.75 Å². The Kier molecular flexibility index (Phi) is 7.13. The largest absolute Gasteiger partial charge is 0.489 e. The summed E-state index contributed by atoms with van der Waals surface area (Å²) < 4.78 is 22.3. The van der Waals surface area contributed by atoms with Crippen molar-refractivity contribution in [2.24, 2.45) is 13.0 Å². The van der Waals surface area contributed by atoms with E-state index < -0.39 is 5.97 Å². The molecule has 0 amide bonds. The molecule has 1 aliphatic rings.